The fraction of sp³-hybridized carbons (Fsp3) is 0.211. The summed E-state index contributed by atoms with van der Waals surface area (Å²) >= 11 is 0. The van der Waals surface area contributed by atoms with Gasteiger partial charge in [0, 0.05) is 19.8 Å². The van der Waals surface area contributed by atoms with Crippen LogP contribution < -0.4 is 9.47 Å². The third kappa shape index (κ3) is 5.22. The zero-order valence-electron chi connectivity index (χ0n) is 13.7. The number of hydrogen-bond acceptors (Lipinski definition) is 5. The molecule has 0 fully saturated rings. The van der Waals surface area contributed by atoms with E-state index in [0.717, 1.165) is 5.56 Å². The second-order valence-corrected chi connectivity index (χ2v) is 4.87. The number of ether oxygens (including phenoxy) is 4. The Morgan fingerprint density at radius 1 is 0.917 bits per heavy atom. The SMILES string of the molecule is COCOc1ccc(C(=O)C=Cc2ccccc2)cc1OCOC. The molecule has 0 amide bonds. The van der Waals surface area contributed by atoms with Crippen LogP contribution in [0.25, 0.3) is 6.08 Å². The number of carbonyl (C=O) groups excluding carboxylic acids is 1. The van der Waals surface area contributed by atoms with Gasteiger partial charge in [0.2, 0.25) is 0 Å². The number of hydrogen-bond donors (Lipinski definition) is 0. The highest BCUT2D eigenvalue weighted by molar-refractivity contribution is 6.07. The summed E-state index contributed by atoms with van der Waals surface area (Å²) in [7, 11) is 3.05. The molecular formula is C19H20O5. The Bertz CT molecular complexity index is 679. The summed E-state index contributed by atoms with van der Waals surface area (Å²) in [6, 6.07) is 14.6. The number of methoxy groups -OCH3 is 2. The molecule has 2 aromatic carbocycles. The predicted octanol–water partition coefficient (Wildman–Crippen LogP) is 3.55. The molecule has 0 N–H and O–H groups in total. The summed E-state index contributed by atoms with van der Waals surface area (Å²) in [4.78, 5) is 12.3. The van der Waals surface area contributed by atoms with Crippen LogP contribution in [0.1, 0.15) is 15.9 Å². The van der Waals surface area contributed by atoms with Crippen molar-refractivity contribution in [3.8, 4) is 11.5 Å². The Labute approximate surface area is 141 Å². The van der Waals surface area contributed by atoms with Gasteiger partial charge >= 0.3 is 0 Å². The maximum atomic E-state index is 12.3. The van der Waals surface area contributed by atoms with E-state index >= 15 is 0 Å². The van der Waals surface area contributed by atoms with Crippen LogP contribution in [-0.4, -0.2) is 33.6 Å². The van der Waals surface area contributed by atoms with Crippen molar-refractivity contribution >= 4 is 11.9 Å². The largest absolute Gasteiger partial charge is 0.464 e. The molecule has 0 saturated heterocycles. The van der Waals surface area contributed by atoms with Gasteiger partial charge in [-0.25, -0.2) is 0 Å². The van der Waals surface area contributed by atoms with Crippen molar-refractivity contribution in [2.45, 2.75) is 0 Å². The first-order chi connectivity index (χ1) is 11.7. The van der Waals surface area contributed by atoms with Gasteiger partial charge in [-0.3, -0.25) is 4.79 Å². The molecule has 0 aliphatic heterocycles. The highest BCUT2D eigenvalue weighted by Crippen LogP contribution is 2.29. The monoisotopic (exact) mass is 328 g/mol. The average molecular weight is 328 g/mol. The number of allylic oxidation sites excluding steroid dienone is 1. The number of rotatable bonds is 9. The molecule has 0 bridgehead atoms. The van der Waals surface area contributed by atoms with Crippen LogP contribution >= 0.6 is 0 Å². The van der Waals surface area contributed by atoms with E-state index in [1.165, 1.54) is 20.3 Å². The molecule has 0 saturated carbocycles. The lowest BCUT2D eigenvalue weighted by molar-refractivity contribution is 0.0322. The van der Waals surface area contributed by atoms with E-state index in [1.807, 2.05) is 30.3 Å². The van der Waals surface area contributed by atoms with E-state index < -0.39 is 0 Å². The summed E-state index contributed by atoms with van der Waals surface area (Å²) in [6.07, 6.45) is 3.30. The van der Waals surface area contributed by atoms with E-state index in [1.54, 1.807) is 24.3 Å². The van der Waals surface area contributed by atoms with E-state index in [-0.39, 0.29) is 19.4 Å². The van der Waals surface area contributed by atoms with Crippen LogP contribution in [0.5, 0.6) is 11.5 Å². The Morgan fingerprint density at radius 3 is 2.25 bits per heavy atom. The minimum Gasteiger partial charge on any atom is -0.464 e. The molecule has 0 unspecified atom stereocenters. The maximum absolute atomic E-state index is 12.3. The zero-order valence-corrected chi connectivity index (χ0v) is 13.7. The Morgan fingerprint density at radius 2 is 1.58 bits per heavy atom. The van der Waals surface area contributed by atoms with E-state index in [2.05, 4.69) is 0 Å². The van der Waals surface area contributed by atoms with Gasteiger partial charge in [-0.2, -0.15) is 0 Å². The fourth-order valence-electron chi connectivity index (χ4n) is 1.97. The molecular weight excluding hydrogens is 308 g/mol. The Kier molecular flexibility index (Phi) is 7.01. The lowest BCUT2D eigenvalue weighted by Gasteiger charge is -2.12. The maximum Gasteiger partial charge on any atom is 0.188 e. The summed E-state index contributed by atoms with van der Waals surface area (Å²) in [6.45, 7) is 0.144. The molecule has 0 radical (unpaired) electrons. The van der Waals surface area contributed by atoms with Gasteiger partial charge in [-0.1, -0.05) is 36.4 Å². The zero-order chi connectivity index (χ0) is 17.2. The van der Waals surface area contributed by atoms with Crippen molar-refractivity contribution in [1.82, 2.24) is 0 Å². The van der Waals surface area contributed by atoms with Crippen LogP contribution in [0.3, 0.4) is 0 Å². The van der Waals surface area contributed by atoms with Crippen molar-refractivity contribution in [2.75, 3.05) is 27.8 Å². The Balaban J connectivity index is 2.16. The minimum atomic E-state index is -0.126. The number of benzene rings is 2. The average Bonchev–Trinajstić information content (AvgIpc) is 2.63. The predicted molar refractivity (Wildman–Crippen MR) is 91.3 cm³/mol. The van der Waals surface area contributed by atoms with E-state index in [9.17, 15) is 4.79 Å². The van der Waals surface area contributed by atoms with Gasteiger partial charge in [0.05, 0.1) is 0 Å². The molecule has 0 atom stereocenters. The highest BCUT2D eigenvalue weighted by Gasteiger charge is 2.10. The lowest BCUT2D eigenvalue weighted by atomic mass is 10.1. The minimum absolute atomic E-state index is 0.0564. The standard InChI is InChI=1S/C19H20O5/c1-21-13-23-18-11-9-16(12-19(18)24-14-22-2)17(20)10-8-15-6-4-3-5-7-15/h3-12H,13-14H2,1-2H3. The first kappa shape index (κ1) is 17.7. The van der Waals surface area contributed by atoms with Gasteiger partial charge in [-0.15, -0.1) is 0 Å². The third-order valence-corrected chi connectivity index (χ3v) is 3.12. The van der Waals surface area contributed by atoms with Crippen molar-refractivity contribution in [2.24, 2.45) is 0 Å². The molecule has 2 aromatic rings. The first-order valence-corrected chi connectivity index (χ1v) is 7.39. The molecule has 0 aliphatic carbocycles. The van der Waals surface area contributed by atoms with Crippen molar-refractivity contribution in [3.05, 3.63) is 65.7 Å². The Hall–Kier alpha value is -2.63. The normalized spacial score (nSPS) is 10.8. The van der Waals surface area contributed by atoms with Crippen LogP contribution in [0.15, 0.2) is 54.6 Å². The third-order valence-electron chi connectivity index (χ3n) is 3.12. The molecule has 5 nitrogen and oxygen atoms in total. The van der Waals surface area contributed by atoms with Crippen molar-refractivity contribution < 1.29 is 23.7 Å². The summed E-state index contributed by atoms with van der Waals surface area (Å²) < 4.78 is 20.7. The molecule has 2 rings (SSSR count). The van der Waals surface area contributed by atoms with E-state index in [4.69, 9.17) is 18.9 Å². The molecule has 0 aromatic heterocycles. The summed E-state index contributed by atoms with van der Waals surface area (Å²) in [5.41, 5.74) is 1.46. The highest BCUT2D eigenvalue weighted by atomic mass is 16.7. The van der Waals surface area contributed by atoms with Crippen LogP contribution in [-0.2, 0) is 9.47 Å². The van der Waals surface area contributed by atoms with E-state index in [0.29, 0.717) is 17.1 Å². The molecule has 24 heavy (non-hydrogen) atoms. The molecule has 126 valence electrons. The molecule has 5 heteroatoms. The smallest absolute Gasteiger partial charge is 0.188 e. The summed E-state index contributed by atoms with van der Waals surface area (Å²) in [5, 5.41) is 0. The van der Waals surface area contributed by atoms with Gasteiger partial charge < -0.3 is 18.9 Å². The van der Waals surface area contributed by atoms with Gasteiger partial charge in [-0.05, 0) is 29.8 Å². The molecule has 0 spiro atoms. The van der Waals surface area contributed by atoms with Gasteiger partial charge in [0.1, 0.15) is 0 Å². The summed E-state index contributed by atoms with van der Waals surface area (Å²) in [5.74, 6) is 0.782. The molecule has 0 heterocycles. The van der Waals surface area contributed by atoms with Gasteiger partial charge in [0.25, 0.3) is 0 Å². The quantitative estimate of drug-likeness (QED) is 0.400. The van der Waals surface area contributed by atoms with Gasteiger partial charge in [0.15, 0.2) is 30.9 Å². The van der Waals surface area contributed by atoms with Crippen LogP contribution in [0.2, 0.25) is 0 Å². The fourth-order valence-corrected chi connectivity index (χ4v) is 1.97. The second kappa shape index (κ2) is 9.50. The number of carbonyl (C=O) groups is 1. The second-order valence-electron chi connectivity index (χ2n) is 4.87. The first-order valence-electron chi connectivity index (χ1n) is 7.39. The lowest BCUT2D eigenvalue weighted by Crippen LogP contribution is -2.05. The topological polar surface area (TPSA) is 54.0 Å². The van der Waals surface area contributed by atoms with Crippen molar-refractivity contribution in [3.63, 3.8) is 0 Å². The van der Waals surface area contributed by atoms with Crippen LogP contribution in [0, 0.1) is 0 Å². The van der Waals surface area contributed by atoms with Crippen LogP contribution in [0.4, 0.5) is 0 Å². The molecule has 0 aliphatic rings. The number of ketones is 1. The van der Waals surface area contributed by atoms with Crippen molar-refractivity contribution in [1.29, 1.82) is 0 Å².